The van der Waals surface area contributed by atoms with Gasteiger partial charge in [-0.15, -0.1) is 0 Å². The lowest BCUT2D eigenvalue weighted by molar-refractivity contribution is 0.0983. The van der Waals surface area contributed by atoms with Gasteiger partial charge >= 0.3 is 0 Å². The van der Waals surface area contributed by atoms with E-state index in [9.17, 15) is 4.79 Å². The lowest BCUT2D eigenvalue weighted by atomic mass is 10.0. The van der Waals surface area contributed by atoms with E-state index in [4.69, 9.17) is 4.74 Å². The van der Waals surface area contributed by atoms with Gasteiger partial charge in [0.1, 0.15) is 12.4 Å². The third-order valence-electron chi connectivity index (χ3n) is 3.55. The van der Waals surface area contributed by atoms with Crippen LogP contribution in [0.2, 0.25) is 0 Å². The molecular formula is C19H22O2. The average Bonchev–Trinajstić information content (AvgIpc) is 2.52. The minimum absolute atomic E-state index is 0.112. The van der Waals surface area contributed by atoms with Crippen LogP contribution in [0.15, 0.2) is 48.5 Å². The first-order valence-electron chi connectivity index (χ1n) is 7.45. The Bertz CT molecular complexity index is 597. The number of ketones is 1. The predicted molar refractivity (Wildman–Crippen MR) is 85.9 cm³/mol. The van der Waals surface area contributed by atoms with E-state index in [1.165, 1.54) is 5.56 Å². The topological polar surface area (TPSA) is 26.3 Å². The lowest BCUT2D eigenvalue weighted by Crippen LogP contribution is -2.03. The zero-order valence-corrected chi connectivity index (χ0v) is 12.9. The molecule has 2 nitrogen and oxygen atoms in total. The molecule has 0 unspecified atom stereocenters. The molecule has 0 aromatic heterocycles. The fourth-order valence-electron chi connectivity index (χ4n) is 2.17. The molecule has 0 bridgehead atoms. The summed E-state index contributed by atoms with van der Waals surface area (Å²) in [5.41, 5.74) is 3.09. The van der Waals surface area contributed by atoms with E-state index in [1.54, 1.807) is 0 Å². The molecule has 0 radical (unpaired) electrons. The van der Waals surface area contributed by atoms with Gasteiger partial charge in [0.25, 0.3) is 0 Å². The maximum atomic E-state index is 11.9. The number of Topliss-reactive ketones (excluding diaryl/α,β-unsaturated/α-hetero) is 1. The van der Waals surface area contributed by atoms with Crippen molar-refractivity contribution in [3.05, 3.63) is 65.2 Å². The molecule has 2 rings (SSSR count). The number of para-hydroxylation sites is 1. The van der Waals surface area contributed by atoms with Gasteiger partial charge in [-0.05, 0) is 29.2 Å². The molecule has 110 valence electrons. The van der Waals surface area contributed by atoms with Gasteiger partial charge in [0.2, 0.25) is 0 Å². The van der Waals surface area contributed by atoms with Gasteiger partial charge in [-0.25, -0.2) is 0 Å². The molecule has 0 aliphatic heterocycles. The highest BCUT2D eigenvalue weighted by molar-refractivity contribution is 5.98. The van der Waals surface area contributed by atoms with Crippen molar-refractivity contribution in [2.24, 2.45) is 0 Å². The van der Waals surface area contributed by atoms with Gasteiger partial charge in [-0.2, -0.15) is 0 Å². The average molecular weight is 282 g/mol. The van der Waals surface area contributed by atoms with Crippen molar-refractivity contribution >= 4 is 5.78 Å². The van der Waals surface area contributed by atoms with Crippen LogP contribution in [0, 0.1) is 0 Å². The predicted octanol–water partition coefficient (Wildman–Crippen LogP) is 4.98. The molecule has 0 aliphatic carbocycles. The first kappa shape index (κ1) is 15.3. The standard InChI is InChI=1S/C19H22O2/c1-4-18(20)17-7-5-6-8-19(17)21-13-15-9-11-16(12-10-15)14(2)3/h5-12,14H,4,13H2,1-3H3. The van der Waals surface area contributed by atoms with Crippen LogP contribution in [-0.4, -0.2) is 5.78 Å². The van der Waals surface area contributed by atoms with Crippen molar-refractivity contribution in [3.63, 3.8) is 0 Å². The Morgan fingerprint density at radius 1 is 1.05 bits per heavy atom. The molecule has 0 aliphatic rings. The van der Waals surface area contributed by atoms with Crippen LogP contribution in [0.4, 0.5) is 0 Å². The highest BCUT2D eigenvalue weighted by Gasteiger charge is 2.10. The first-order valence-corrected chi connectivity index (χ1v) is 7.45. The molecule has 2 aromatic rings. The number of benzene rings is 2. The SMILES string of the molecule is CCC(=O)c1ccccc1OCc1ccc(C(C)C)cc1. The van der Waals surface area contributed by atoms with E-state index < -0.39 is 0 Å². The fraction of sp³-hybridized carbons (Fsp3) is 0.316. The fourth-order valence-corrected chi connectivity index (χ4v) is 2.17. The summed E-state index contributed by atoms with van der Waals surface area (Å²) in [5.74, 6) is 1.31. The number of carbonyl (C=O) groups is 1. The third-order valence-corrected chi connectivity index (χ3v) is 3.55. The van der Waals surface area contributed by atoms with E-state index in [0.717, 1.165) is 5.56 Å². The van der Waals surface area contributed by atoms with E-state index in [-0.39, 0.29) is 5.78 Å². The smallest absolute Gasteiger partial charge is 0.166 e. The van der Waals surface area contributed by atoms with Crippen LogP contribution < -0.4 is 4.74 Å². The summed E-state index contributed by atoms with van der Waals surface area (Å²) in [7, 11) is 0. The molecule has 0 heterocycles. The largest absolute Gasteiger partial charge is 0.488 e. The van der Waals surface area contributed by atoms with Crippen molar-refractivity contribution < 1.29 is 9.53 Å². The molecule has 0 atom stereocenters. The second kappa shape index (κ2) is 7.07. The van der Waals surface area contributed by atoms with Crippen molar-refractivity contribution in [1.29, 1.82) is 0 Å². The lowest BCUT2D eigenvalue weighted by Gasteiger charge is -2.11. The van der Waals surface area contributed by atoms with Crippen LogP contribution in [0.1, 0.15) is 54.6 Å². The van der Waals surface area contributed by atoms with Crippen LogP contribution in [0.3, 0.4) is 0 Å². The molecule has 21 heavy (non-hydrogen) atoms. The van der Waals surface area contributed by atoms with Gasteiger partial charge in [0.15, 0.2) is 5.78 Å². The molecule has 2 heteroatoms. The highest BCUT2D eigenvalue weighted by Crippen LogP contribution is 2.21. The molecule has 0 fully saturated rings. The summed E-state index contributed by atoms with van der Waals surface area (Å²) in [6.07, 6.45) is 0.490. The van der Waals surface area contributed by atoms with Gasteiger partial charge in [0.05, 0.1) is 5.56 Å². The first-order chi connectivity index (χ1) is 10.1. The molecule has 0 saturated carbocycles. The molecule has 0 N–H and O–H groups in total. The monoisotopic (exact) mass is 282 g/mol. The summed E-state index contributed by atoms with van der Waals surface area (Å²) in [6, 6.07) is 15.9. The van der Waals surface area contributed by atoms with E-state index in [0.29, 0.717) is 30.3 Å². The Morgan fingerprint density at radius 3 is 2.33 bits per heavy atom. The number of rotatable bonds is 6. The summed E-state index contributed by atoms with van der Waals surface area (Å²) in [4.78, 5) is 11.9. The maximum Gasteiger partial charge on any atom is 0.166 e. The van der Waals surface area contributed by atoms with E-state index in [1.807, 2.05) is 31.2 Å². The summed E-state index contributed by atoms with van der Waals surface area (Å²) in [5, 5.41) is 0. The third kappa shape index (κ3) is 3.94. The number of hydrogen-bond acceptors (Lipinski definition) is 2. The van der Waals surface area contributed by atoms with Crippen molar-refractivity contribution in [3.8, 4) is 5.75 Å². The van der Waals surface area contributed by atoms with Gasteiger partial charge < -0.3 is 4.74 Å². The minimum atomic E-state index is 0.112. The van der Waals surface area contributed by atoms with E-state index >= 15 is 0 Å². The second-order valence-electron chi connectivity index (χ2n) is 5.46. The van der Waals surface area contributed by atoms with Crippen LogP contribution in [-0.2, 0) is 6.61 Å². The highest BCUT2D eigenvalue weighted by atomic mass is 16.5. The Balaban J connectivity index is 2.08. The normalized spacial score (nSPS) is 10.7. The van der Waals surface area contributed by atoms with Crippen LogP contribution in [0.25, 0.3) is 0 Å². The summed E-state index contributed by atoms with van der Waals surface area (Å²) >= 11 is 0. The zero-order chi connectivity index (χ0) is 15.2. The Labute approximate surface area is 126 Å². The molecule has 0 spiro atoms. The Hall–Kier alpha value is -2.09. The summed E-state index contributed by atoms with van der Waals surface area (Å²) < 4.78 is 5.83. The van der Waals surface area contributed by atoms with Crippen LogP contribution in [0.5, 0.6) is 5.75 Å². The van der Waals surface area contributed by atoms with Gasteiger partial charge in [0, 0.05) is 6.42 Å². The quantitative estimate of drug-likeness (QED) is 0.698. The van der Waals surface area contributed by atoms with E-state index in [2.05, 4.69) is 38.1 Å². The van der Waals surface area contributed by atoms with Crippen LogP contribution >= 0.6 is 0 Å². The Morgan fingerprint density at radius 2 is 1.71 bits per heavy atom. The molecule has 0 saturated heterocycles. The number of hydrogen-bond donors (Lipinski definition) is 0. The minimum Gasteiger partial charge on any atom is -0.488 e. The van der Waals surface area contributed by atoms with Crippen molar-refractivity contribution in [2.45, 2.75) is 39.7 Å². The molecule has 0 amide bonds. The zero-order valence-electron chi connectivity index (χ0n) is 12.9. The Kier molecular flexibility index (Phi) is 5.15. The number of ether oxygens (including phenoxy) is 1. The number of carbonyl (C=O) groups excluding carboxylic acids is 1. The maximum absolute atomic E-state index is 11.9. The molecular weight excluding hydrogens is 260 g/mol. The van der Waals surface area contributed by atoms with Crippen molar-refractivity contribution in [1.82, 2.24) is 0 Å². The summed E-state index contributed by atoms with van der Waals surface area (Å²) in [6.45, 7) is 6.70. The van der Waals surface area contributed by atoms with Gasteiger partial charge in [-0.1, -0.05) is 57.2 Å². The van der Waals surface area contributed by atoms with Gasteiger partial charge in [-0.3, -0.25) is 4.79 Å². The second-order valence-corrected chi connectivity index (χ2v) is 5.46. The van der Waals surface area contributed by atoms with Crippen molar-refractivity contribution in [2.75, 3.05) is 0 Å². The molecule has 2 aromatic carbocycles.